The van der Waals surface area contributed by atoms with E-state index < -0.39 is 4.92 Å². The molecule has 0 spiro atoms. The van der Waals surface area contributed by atoms with Gasteiger partial charge in [0.2, 0.25) is 0 Å². The molecule has 60 valence electrons. The molecular formula is C5H8N4O2. The Morgan fingerprint density at radius 2 is 2.36 bits per heavy atom. The quantitative estimate of drug-likeness (QED) is 0.462. The predicted molar refractivity (Wildman–Crippen MR) is 37.1 cm³/mol. The summed E-state index contributed by atoms with van der Waals surface area (Å²) in [5, 5.41) is 17.2. The van der Waals surface area contributed by atoms with E-state index in [1.165, 1.54) is 4.68 Å². The summed E-state index contributed by atoms with van der Waals surface area (Å²) in [5.74, 6) is -0.160. The van der Waals surface area contributed by atoms with E-state index >= 15 is 0 Å². The maximum atomic E-state index is 10.2. The predicted octanol–water partition coefficient (Wildman–Crippen LogP) is 0.515. The first-order valence-corrected chi connectivity index (χ1v) is 3.21. The fourth-order valence-electron chi connectivity index (χ4n) is 0.820. The average molecular weight is 156 g/mol. The van der Waals surface area contributed by atoms with Gasteiger partial charge in [-0.05, 0) is 18.8 Å². The Kier molecular flexibility index (Phi) is 1.84. The first-order valence-electron chi connectivity index (χ1n) is 3.21. The summed E-state index contributed by atoms with van der Waals surface area (Å²) >= 11 is 0. The Morgan fingerprint density at radius 1 is 1.73 bits per heavy atom. The Morgan fingerprint density at radius 3 is 2.64 bits per heavy atom. The van der Waals surface area contributed by atoms with Crippen LogP contribution in [0.3, 0.4) is 0 Å². The second kappa shape index (κ2) is 2.65. The second-order valence-electron chi connectivity index (χ2n) is 2.07. The summed E-state index contributed by atoms with van der Waals surface area (Å²) in [6.45, 7) is 4.08. The summed E-state index contributed by atoms with van der Waals surface area (Å²) in [6, 6.07) is 0. The zero-order chi connectivity index (χ0) is 8.43. The summed E-state index contributed by atoms with van der Waals surface area (Å²) in [4.78, 5) is 9.71. The summed E-state index contributed by atoms with van der Waals surface area (Å²) in [6.07, 6.45) is 0. The van der Waals surface area contributed by atoms with Crippen molar-refractivity contribution in [3.8, 4) is 0 Å². The lowest BCUT2D eigenvalue weighted by atomic mass is 10.5. The molecule has 1 rings (SSSR count). The van der Waals surface area contributed by atoms with E-state index in [0.29, 0.717) is 12.2 Å². The van der Waals surface area contributed by atoms with Crippen molar-refractivity contribution in [1.29, 1.82) is 0 Å². The van der Waals surface area contributed by atoms with Gasteiger partial charge in [-0.25, -0.2) is 4.68 Å². The molecule has 1 heterocycles. The van der Waals surface area contributed by atoms with Crippen molar-refractivity contribution in [1.82, 2.24) is 15.0 Å². The van der Waals surface area contributed by atoms with Gasteiger partial charge in [0.15, 0.2) is 0 Å². The number of nitrogens with zero attached hydrogens (tertiary/aromatic N) is 4. The van der Waals surface area contributed by atoms with Gasteiger partial charge in [0.05, 0.1) is 5.21 Å². The highest BCUT2D eigenvalue weighted by atomic mass is 16.6. The number of rotatable bonds is 2. The molecule has 1 aromatic rings. The molecule has 6 nitrogen and oxygen atoms in total. The molecule has 0 unspecified atom stereocenters. The van der Waals surface area contributed by atoms with E-state index in [9.17, 15) is 10.1 Å². The van der Waals surface area contributed by atoms with Gasteiger partial charge in [-0.3, -0.25) is 0 Å². The molecule has 11 heavy (non-hydrogen) atoms. The molecule has 0 aliphatic heterocycles. The minimum atomic E-state index is -0.533. The van der Waals surface area contributed by atoms with Gasteiger partial charge in [-0.15, -0.1) is 0 Å². The standard InChI is InChI=1S/C5H8N4O2/c1-3-8-4(2)5(6-7-8)9(10)11/h3H2,1-2H3. The average Bonchev–Trinajstić information content (AvgIpc) is 2.30. The molecular weight excluding hydrogens is 148 g/mol. The highest BCUT2D eigenvalue weighted by molar-refractivity contribution is 5.22. The van der Waals surface area contributed by atoms with Gasteiger partial charge < -0.3 is 10.1 Å². The number of aromatic nitrogens is 3. The van der Waals surface area contributed by atoms with Crippen LogP contribution in [0.25, 0.3) is 0 Å². The van der Waals surface area contributed by atoms with E-state index in [1.54, 1.807) is 6.92 Å². The van der Waals surface area contributed by atoms with Crippen molar-refractivity contribution in [3.63, 3.8) is 0 Å². The van der Waals surface area contributed by atoms with Crippen LogP contribution in [0.5, 0.6) is 0 Å². The molecule has 0 fully saturated rings. The minimum Gasteiger partial charge on any atom is -0.358 e. The van der Waals surface area contributed by atoms with Crippen LogP contribution in [0.2, 0.25) is 0 Å². The fourth-order valence-corrected chi connectivity index (χ4v) is 0.820. The number of hydrogen-bond acceptors (Lipinski definition) is 4. The molecule has 1 aromatic heterocycles. The molecule has 0 amide bonds. The summed E-state index contributed by atoms with van der Waals surface area (Å²) < 4.78 is 1.48. The topological polar surface area (TPSA) is 73.8 Å². The van der Waals surface area contributed by atoms with Gasteiger partial charge in [-0.1, -0.05) is 0 Å². The lowest BCUT2D eigenvalue weighted by molar-refractivity contribution is -0.390. The summed E-state index contributed by atoms with van der Waals surface area (Å²) in [5.41, 5.74) is 0.498. The van der Waals surface area contributed by atoms with E-state index in [4.69, 9.17) is 0 Å². The monoisotopic (exact) mass is 156 g/mol. The zero-order valence-electron chi connectivity index (χ0n) is 6.31. The maximum absolute atomic E-state index is 10.2. The third-order valence-electron chi connectivity index (χ3n) is 1.43. The van der Waals surface area contributed by atoms with E-state index in [0.717, 1.165) is 0 Å². The van der Waals surface area contributed by atoms with E-state index in [-0.39, 0.29) is 5.82 Å². The van der Waals surface area contributed by atoms with Crippen molar-refractivity contribution in [3.05, 3.63) is 15.8 Å². The van der Waals surface area contributed by atoms with Crippen LogP contribution in [-0.2, 0) is 6.54 Å². The molecule has 0 atom stereocenters. The largest absolute Gasteiger partial charge is 0.413 e. The molecule has 0 saturated heterocycles. The van der Waals surface area contributed by atoms with Gasteiger partial charge in [0, 0.05) is 6.54 Å². The van der Waals surface area contributed by atoms with Gasteiger partial charge in [0.1, 0.15) is 10.8 Å². The molecule has 0 aliphatic rings. The van der Waals surface area contributed by atoms with Crippen LogP contribution in [0.4, 0.5) is 5.82 Å². The smallest absolute Gasteiger partial charge is 0.358 e. The van der Waals surface area contributed by atoms with Crippen molar-refractivity contribution in [2.45, 2.75) is 20.4 Å². The third kappa shape index (κ3) is 1.19. The highest BCUT2D eigenvalue weighted by Crippen LogP contribution is 2.11. The molecule has 0 bridgehead atoms. The van der Waals surface area contributed by atoms with E-state index in [2.05, 4.69) is 10.3 Å². The van der Waals surface area contributed by atoms with Crippen molar-refractivity contribution in [2.24, 2.45) is 0 Å². The molecule has 0 aromatic carbocycles. The Labute approximate surface area is 63.0 Å². The Hall–Kier alpha value is -1.46. The first kappa shape index (κ1) is 7.64. The molecule has 6 heteroatoms. The lowest BCUT2D eigenvalue weighted by Crippen LogP contribution is -1.99. The van der Waals surface area contributed by atoms with Crippen LogP contribution < -0.4 is 0 Å². The van der Waals surface area contributed by atoms with Crippen LogP contribution in [0, 0.1) is 17.0 Å². The molecule has 0 N–H and O–H groups in total. The van der Waals surface area contributed by atoms with Crippen LogP contribution >= 0.6 is 0 Å². The Balaban J connectivity index is 3.10. The number of nitro groups is 1. The van der Waals surface area contributed by atoms with Gasteiger partial charge in [0.25, 0.3) is 0 Å². The van der Waals surface area contributed by atoms with Crippen LogP contribution in [0.1, 0.15) is 12.6 Å². The second-order valence-corrected chi connectivity index (χ2v) is 2.07. The normalized spacial score (nSPS) is 10.0. The first-order chi connectivity index (χ1) is 5.16. The SMILES string of the molecule is CCn1nnc([N+](=O)[O-])c1C. The fraction of sp³-hybridized carbons (Fsp3) is 0.600. The van der Waals surface area contributed by atoms with Crippen LogP contribution in [0.15, 0.2) is 0 Å². The van der Waals surface area contributed by atoms with Gasteiger partial charge in [-0.2, -0.15) is 0 Å². The Bertz CT molecular complexity index is 280. The van der Waals surface area contributed by atoms with Crippen molar-refractivity contribution >= 4 is 5.82 Å². The third-order valence-corrected chi connectivity index (χ3v) is 1.43. The number of aryl methyl sites for hydroxylation is 1. The zero-order valence-corrected chi connectivity index (χ0v) is 6.31. The highest BCUT2D eigenvalue weighted by Gasteiger charge is 2.17. The molecule has 0 saturated carbocycles. The van der Waals surface area contributed by atoms with Gasteiger partial charge >= 0.3 is 5.82 Å². The molecule has 0 aliphatic carbocycles. The minimum absolute atomic E-state index is 0.160. The van der Waals surface area contributed by atoms with Crippen molar-refractivity contribution in [2.75, 3.05) is 0 Å². The maximum Gasteiger partial charge on any atom is 0.413 e. The van der Waals surface area contributed by atoms with Crippen molar-refractivity contribution < 1.29 is 4.92 Å². The van der Waals surface area contributed by atoms with Crippen LogP contribution in [-0.4, -0.2) is 19.9 Å². The number of hydrogen-bond donors (Lipinski definition) is 0. The lowest BCUT2D eigenvalue weighted by Gasteiger charge is -1.92. The summed E-state index contributed by atoms with van der Waals surface area (Å²) in [7, 11) is 0. The van der Waals surface area contributed by atoms with E-state index in [1.807, 2.05) is 6.92 Å². The molecule has 0 radical (unpaired) electrons.